The van der Waals surface area contributed by atoms with Gasteiger partial charge in [-0.1, -0.05) is 29.3 Å². The molecule has 0 unspecified atom stereocenters. The number of hydrogen-bond acceptors (Lipinski definition) is 12. The summed E-state index contributed by atoms with van der Waals surface area (Å²) < 4.78 is 19.6. The van der Waals surface area contributed by atoms with Gasteiger partial charge < -0.3 is 30.9 Å². The number of anilines is 3. The van der Waals surface area contributed by atoms with E-state index in [9.17, 15) is 38.0 Å². The van der Waals surface area contributed by atoms with Crippen molar-refractivity contribution < 1.29 is 42.7 Å². The largest absolute Gasteiger partial charge is 0.489 e. The molecule has 62 heavy (non-hydrogen) atoms. The van der Waals surface area contributed by atoms with Gasteiger partial charge in [0.05, 0.1) is 22.8 Å². The van der Waals surface area contributed by atoms with Crippen molar-refractivity contribution in [2.24, 2.45) is 0 Å². The molecule has 1 aromatic heterocycles. The molecular formula is C42H40Cl2FN9O8. The molecule has 0 aliphatic carbocycles. The molecule has 0 bridgehead atoms. The van der Waals surface area contributed by atoms with Crippen LogP contribution >= 0.6 is 23.2 Å². The van der Waals surface area contributed by atoms with Crippen LogP contribution in [0.2, 0.25) is 10.0 Å². The Hall–Kier alpha value is -6.66. The number of piperazine rings is 1. The van der Waals surface area contributed by atoms with Gasteiger partial charge in [-0.3, -0.25) is 43.8 Å². The summed E-state index contributed by atoms with van der Waals surface area (Å²) in [5.41, 5.74) is 7.47. The van der Waals surface area contributed by atoms with Gasteiger partial charge in [-0.2, -0.15) is 0 Å². The molecule has 3 atom stereocenters. The fraction of sp³-hybridized carbons (Fsp3) is 0.310. The molecule has 3 aliphatic rings. The topological polar surface area (TPSA) is 226 Å². The Bertz CT molecular complexity index is 2500. The van der Waals surface area contributed by atoms with Crippen LogP contribution in [0, 0.1) is 5.82 Å². The number of halogens is 3. The number of nitrogens with zero attached hydrogens (tertiary/aromatic N) is 5. The van der Waals surface area contributed by atoms with Crippen molar-refractivity contribution in [3.63, 3.8) is 0 Å². The highest BCUT2D eigenvalue weighted by Crippen LogP contribution is 2.33. The van der Waals surface area contributed by atoms with E-state index in [2.05, 4.69) is 26.1 Å². The Morgan fingerprint density at radius 3 is 2.40 bits per heavy atom. The lowest BCUT2D eigenvalue weighted by Crippen LogP contribution is -2.59. The van der Waals surface area contributed by atoms with Gasteiger partial charge in [0.2, 0.25) is 17.7 Å². The maximum absolute atomic E-state index is 13.9. The molecule has 4 aromatic rings. The number of ether oxygens (including phenoxy) is 1. The zero-order valence-electron chi connectivity index (χ0n) is 33.4. The molecule has 322 valence electrons. The van der Waals surface area contributed by atoms with E-state index >= 15 is 0 Å². The predicted octanol–water partition coefficient (Wildman–Crippen LogP) is 4.34. The molecular weight excluding hydrogens is 848 g/mol. The normalized spacial score (nSPS) is 18.7. The average Bonchev–Trinajstić information content (AvgIpc) is 3.49. The number of carbonyl (C=O) groups excluding carboxylic acids is 7. The number of rotatable bonds is 12. The van der Waals surface area contributed by atoms with Gasteiger partial charge in [0.1, 0.15) is 11.9 Å². The summed E-state index contributed by atoms with van der Waals surface area (Å²) in [6, 6.07) is 13.1. The van der Waals surface area contributed by atoms with Gasteiger partial charge in [0.25, 0.3) is 23.6 Å². The highest BCUT2D eigenvalue weighted by Gasteiger charge is 2.45. The lowest BCUT2D eigenvalue weighted by molar-refractivity contribution is -0.138. The van der Waals surface area contributed by atoms with Crippen molar-refractivity contribution >= 4 is 81.7 Å². The number of amides is 7. The van der Waals surface area contributed by atoms with Crippen molar-refractivity contribution in [3.05, 3.63) is 104 Å². The minimum Gasteiger partial charge on any atom is -0.489 e. The third-order valence-corrected chi connectivity index (χ3v) is 11.5. The Kier molecular flexibility index (Phi) is 12.7. The van der Waals surface area contributed by atoms with Gasteiger partial charge in [-0.15, -0.1) is 10.2 Å². The van der Waals surface area contributed by atoms with Gasteiger partial charge in [0, 0.05) is 79.0 Å². The van der Waals surface area contributed by atoms with Gasteiger partial charge in [-0.05, 0) is 74.4 Å². The van der Waals surface area contributed by atoms with E-state index in [1.807, 2.05) is 13.8 Å². The van der Waals surface area contributed by atoms with E-state index in [-0.39, 0.29) is 114 Å². The molecule has 5 N–H and O–H groups in total. The second-order valence-electron chi connectivity index (χ2n) is 15.0. The van der Waals surface area contributed by atoms with E-state index in [0.29, 0.717) is 22.5 Å². The number of nitrogens with one attached hydrogen (secondary N) is 3. The van der Waals surface area contributed by atoms with Crippen molar-refractivity contribution in [2.75, 3.05) is 42.6 Å². The quantitative estimate of drug-likeness (QED) is 0.115. The van der Waals surface area contributed by atoms with Gasteiger partial charge in [-0.25, -0.2) is 4.39 Å². The Balaban J connectivity index is 0.900. The highest BCUT2D eigenvalue weighted by molar-refractivity contribution is 6.36. The average molecular weight is 889 g/mol. The lowest BCUT2D eigenvalue weighted by atomic mass is 10.0. The summed E-state index contributed by atoms with van der Waals surface area (Å²) in [5.74, 6) is -4.12. The van der Waals surface area contributed by atoms with Crippen molar-refractivity contribution in [1.82, 2.24) is 30.2 Å². The zero-order valence-corrected chi connectivity index (χ0v) is 34.9. The summed E-state index contributed by atoms with van der Waals surface area (Å²) in [7, 11) is 0. The monoisotopic (exact) mass is 887 g/mol. The molecule has 0 saturated carbocycles. The van der Waals surface area contributed by atoms with Gasteiger partial charge in [0.15, 0.2) is 17.3 Å². The Morgan fingerprint density at radius 1 is 0.968 bits per heavy atom. The van der Waals surface area contributed by atoms with E-state index in [4.69, 9.17) is 33.7 Å². The summed E-state index contributed by atoms with van der Waals surface area (Å²) in [6.07, 6.45) is 0.244. The first-order valence-electron chi connectivity index (χ1n) is 19.6. The Morgan fingerprint density at radius 2 is 1.69 bits per heavy atom. The summed E-state index contributed by atoms with van der Waals surface area (Å²) >= 11 is 12.2. The van der Waals surface area contributed by atoms with Crippen LogP contribution in [-0.4, -0.2) is 111 Å². The van der Waals surface area contributed by atoms with Crippen LogP contribution in [0.4, 0.5) is 21.6 Å². The van der Waals surface area contributed by atoms with Crippen LogP contribution in [0.1, 0.15) is 80.2 Å². The van der Waals surface area contributed by atoms with E-state index in [0.717, 1.165) is 11.0 Å². The molecule has 0 radical (unpaired) electrons. The first-order chi connectivity index (χ1) is 29.6. The third kappa shape index (κ3) is 8.87. The maximum atomic E-state index is 13.9. The molecule has 17 nitrogen and oxygen atoms in total. The molecule has 3 aliphatic heterocycles. The molecule has 7 amide bonds. The SMILES string of the molecule is C[C@@H]1CN(C(=O)c2ccc(NC(=O)c3cc(OCCc4c(Cl)ccc(F)c4Cl)c(N)nn3)cc2)C[C@H](C)N1C(=O)CCNc1cccc2c1C(=O)N([C@@H]1CCC(=O)NC1=O)C2=O. The van der Waals surface area contributed by atoms with E-state index in [1.165, 1.54) is 18.2 Å². The molecule has 2 fully saturated rings. The number of carbonyl (C=O) groups is 7. The number of nitrogen functional groups attached to an aromatic ring is 1. The number of nitrogens with two attached hydrogens (primary N) is 1. The minimum absolute atomic E-state index is 0.00192. The second kappa shape index (κ2) is 18.1. The highest BCUT2D eigenvalue weighted by atomic mass is 35.5. The van der Waals surface area contributed by atoms with E-state index in [1.54, 1.807) is 46.2 Å². The molecule has 4 heterocycles. The Labute approximate surface area is 364 Å². The zero-order chi connectivity index (χ0) is 44.4. The molecule has 0 spiro atoms. The summed E-state index contributed by atoms with van der Waals surface area (Å²) in [5, 5.41) is 15.8. The van der Waals surface area contributed by atoms with Crippen LogP contribution < -0.4 is 26.4 Å². The first-order valence-corrected chi connectivity index (χ1v) is 20.4. The van der Waals surface area contributed by atoms with Crippen LogP contribution in [0.15, 0.2) is 60.7 Å². The summed E-state index contributed by atoms with van der Waals surface area (Å²) in [4.78, 5) is 95.2. The second-order valence-corrected chi connectivity index (χ2v) is 15.8. The molecule has 7 rings (SSSR count). The molecule has 20 heteroatoms. The number of piperidine rings is 1. The lowest BCUT2D eigenvalue weighted by Gasteiger charge is -2.44. The van der Waals surface area contributed by atoms with Crippen LogP contribution in [0.25, 0.3) is 0 Å². The third-order valence-electron chi connectivity index (χ3n) is 10.8. The minimum atomic E-state index is -1.10. The first kappa shape index (κ1) is 43.4. The fourth-order valence-electron chi connectivity index (χ4n) is 7.82. The maximum Gasteiger partial charge on any atom is 0.276 e. The van der Waals surface area contributed by atoms with Crippen molar-refractivity contribution in [2.45, 2.75) is 57.7 Å². The van der Waals surface area contributed by atoms with Crippen molar-refractivity contribution in [1.29, 1.82) is 0 Å². The number of hydrogen-bond donors (Lipinski definition) is 4. The van der Waals surface area contributed by atoms with Gasteiger partial charge >= 0.3 is 0 Å². The van der Waals surface area contributed by atoms with Crippen LogP contribution in [-0.2, 0) is 20.8 Å². The standard InChI is InChI=1S/C42H40Cl2FN9O8/c1-21-19-52(20-22(2)53(21)34(56)14-16-47-29-5-3-4-26-35(29)42(61)54(41(26)60)31-12-13-33(55)49-39(31)58)40(59)23-6-8-24(9-7-23)48-38(57)30-18-32(37(46)51-50-30)62-17-15-25-27(43)10-11-28(45)36(25)44/h3-11,18,21-22,31,47H,12-17,19-20H2,1-2H3,(H2,46,51)(H,48,57)(H,49,55,58)/t21-,22+,31-/m1/s1. The van der Waals surface area contributed by atoms with E-state index < -0.39 is 41.4 Å². The smallest absolute Gasteiger partial charge is 0.276 e. The molecule has 3 aromatic carbocycles. The number of aromatic nitrogens is 2. The number of benzene rings is 3. The summed E-state index contributed by atoms with van der Waals surface area (Å²) in [6.45, 7) is 4.37. The number of fused-ring (bicyclic) bond motifs is 1. The van der Waals surface area contributed by atoms with Crippen LogP contribution in [0.3, 0.4) is 0 Å². The predicted molar refractivity (Wildman–Crippen MR) is 224 cm³/mol. The molecule has 2 saturated heterocycles. The fourth-order valence-corrected chi connectivity index (χ4v) is 8.38. The van der Waals surface area contributed by atoms with Crippen LogP contribution in [0.5, 0.6) is 5.75 Å². The van der Waals surface area contributed by atoms with Crippen molar-refractivity contribution in [3.8, 4) is 5.75 Å². The number of imide groups is 2.